The summed E-state index contributed by atoms with van der Waals surface area (Å²) >= 11 is 0. The predicted molar refractivity (Wildman–Crippen MR) is 147 cm³/mol. The maximum Gasteiger partial charge on any atom is 0.410 e. The molecule has 2 fully saturated rings. The molecule has 2 atom stereocenters. The Hall–Kier alpha value is -4.61. The predicted octanol–water partition coefficient (Wildman–Crippen LogP) is 4.81. The zero-order valence-electron chi connectivity index (χ0n) is 21.9. The number of alkyl halides is 1. The van der Waals surface area contributed by atoms with Gasteiger partial charge >= 0.3 is 6.09 Å². The quantitative estimate of drug-likeness (QED) is 0.323. The number of hydrogen-bond acceptors (Lipinski definition) is 7. The molecule has 1 aliphatic carbocycles. The van der Waals surface area contributed by atoms with Gasteiger partial charge in [0.15, 0.2) is 11.6 Å². The Kier molecular flexibility index (Phi) is 6.98. The van der Waals surface area contributed by atoms with Crippen LogP contribution < -0.4 is 16.6 Å². The summed E-state index contributed by atoms with van der Waals surface area (Å²) in [5.41, 5.74) is 5.53. The molecule has 1 amide bonds. The summed E-state index contributed by atoms with van der Waals surface area (Å²) in [5, 5.41) is 3.54. The fourth-order valence-corrected chi connectivity index (χ4v) is 5.11. The number of nitrogens with one attached hydrogen (secondary N) is 1. The molecule has 9 nitrogen and oxygen atoms in total. The molecule has 12 heteroatoms. The maximum absolute atomic E-state index is 14.7. The summed E-state index contributed by atoms with van der Waals surface area (Å²) in [4.78, 5) is 36.3. The van der Waals surface area contributed by atoms with Crippen LogP contribution in [0.4, 0.5) is 29.6 Å². The van der Waals surface area contributed by atoms with E-state index in [-0.39, 0.29) is 54.9 Å². The van der Waals surface area contributed by atoms with Gasteiger partial charge in [-0.3, -0.25) is 9.36 Å². The molecule has 212 valence electrons. The topological polar surface area (TPSA) is 115 Å². The first-order chi connectivity index (χ1) is 19.8. The molecular weight excluding hydrogens is 537 g/mol. The lowest BCUT2D eigenvalue weighted by molar-refractivity contribution is 0.0685. The second-order valence-corrected chi connectivity index (χ2v) is 10.4. The molecule has 3 N–H and O–H groups in total. The Morgan fingerprint density at radius 3 is 2.61 bits per heavy atom. The molecule has 41 heavy (non-hydrogen) atoms. The maximum atomic E-state index is 14.7. The van der Waals surface area contributed by atoms with Gasteiger partial charge in [0.1, 0.15) is 18.4 Å². The molecule has 0 spiro atoms. The van der Waals surface area contributed by atoms with Crippen molar-refractivity contribution in [3.8, 4) is 11.1 Å². The van der Waals surface area contributed by atoms with Gasteiger partial charge in [0.2, 0.25) is 5.95 Å². The van der Waals surface area contributed by atoms with E-state index in [4.69, 9.17) is 10.5 Å². The van der Waals surface area contributed by atoms with E-state index < -0.39 is 35.5 Å². The van der Waals surface area contributed by atoms with Crippen LogP contribution in [0, 0.1) is 11.6 Å². The van der Waals surface area contributed by atoms with E-state index in [0.717, 1.165) is 18.4 Å². The number of hydrogen-bond donors (Lipinski definition) is 2. The van der Waals surface area contributed by atoms with Crippen molar-refractivity contribution >= 4 is 28.8 Å². The van der Waals surface area contributed by atoms with Crippen LogP contribution >= 0.6 is 0 Å². The summed E-state index contributed by atoms with van der Waals surface area (Å²) in [6, 6.07) is 12.5. The van der Waals surface area contributed by atoms with Gasteiger partial charge in [-0.1, -0.05) is 30.3 Å². The highest BCUT2D eigenvalue weighted by atomic mass is 19.2. The highest BCUT2D eigenvalue weighted by Crippen LogP contribution is 2.37. The molecule has 2 aromatic carbocycles. The summed E-state index contributed by atoms with van der Waals surface area (Å²) in [5.74, 6) is -2.26. The number of likely N-dealkylation sites (tertiary alicyclic amines) is 1. The molecule has 3 heterocycles. The van der Waals surface area contributed by atoms with Crippen molar-refractivity contribution in [1.29, 1.82) is 0 Å². The Labute approximate surface area is 232 Å². The zero-order chi connectivity index (χ0) is 28.7. The standard InChI is InChI=1S/C29H27F3N6O3/c30-18-11-19(14-37(13-18)29(40)41-15-16-4-2-1-3-5-16)35-28-34-12-17-10-22(21-8-9-23(33)25(32)24(21)31)27(39)38(20-6-7-20)26(17)36-28/h1-5,8-10,12,18-20H,6-7,11,13-15,33H2,(H,34,35,36)/t18-,19-/m0/s1. The minimum atomic E-state index is -1.28. The molecule has 4 aromatic rings. The molecule has 2 aliphatic rings. The van der Waals surface area contributed by atoms with E-state index in [9.17, 15) is 22.8 Å². The number of piperidine rings is 1. The fourth-order valence-electron chi connectivity index (χ4n) is 5.11. The van der Waals surface area contributed by atoms with Crippen LogP contribution in [0.15, 0.2) is 59.5 Å². The molecule has 0 unspecified atom stereocenters. The van der Waals surface area contributed by atoms with Gasteiger partial charge in [0, 0.05) is 42.2 Å². The van der Waals surface area contributed by atoms with Crippen molar-refractivity contribution in [2.24, 2.45) is 0 Å². The highest BCUT2D eigenvalue weighted by molar-refractivity contribution is 5.82. The number of carbonyl (C=O) groups excluding carboxylic acids is 1. The minimum Gasteiger partial charge on any atom is -0.445 e. The molecule has 1 saturated heterocycles. The van der Waals surface area contributed by atoms with E-state index >= 15 is 0 Å². The molecule has 1 aliphatic heterocycles. The number of rotatable bonds is 6. The molecule has 2 aromatic heterocycles. The average Bonchev–Trinajstić information content (AvgIpc) is 3.80. The number of amides is 1. The number of anilines is 2. The number of fused-ring (bicyclic) bond motifs is 1. The summed E-state index contributed by atoms with van der Waals surface area (Å²) < 4.78 is 50.4. The van der Waals surface area contributed by atoms with Crippen molar-refractivity contribution in [2.75, 3.05) is 24.1 Å². The van der Waals surface area contributed by atoms with Crippen LogP contribution in [0.3, 0.4) is 0 Å². The molecular formula is C29H27F3N6O3. The Balaban J connectivity index is 1.25. The van der Waals surface area contributed by atoms with Crippen LogP contribution in [-0.2, 0) is 11.3 Å². The summed E-state index contributed by atoms with van der Waals surface area (Å²) in [7, 11) is 0. The molecule has 1 saturated carbocycles. The summed E-state index contributed by atoms with van der Waals surface area (Å²) in [6.07, 6.45) is 1.16. The lowest BCUT2D eigenvalue weighted by Gasteiger charge is -2.34. The highest BCUT2D eigenvalue weighted by Gasteiger charge is 2.32. The van der Waals surface area contributed by atoms with Crippen molar-refractivity contribution < 1.29 is 22.7 Å². The van der Waals surface area contributed by atoms with E-state index in [1.54, 1.807) is 0 Å². The first-order valence-corrected chi connectivity index (χ1v) is 13.3. The first-order valence-electron chi connectivity index (χ1n) is 13.3. The number of nitrogens with zero attached hydrogens (tertiary/aromatic N) is 4. The van der Waals surface area contributed by atoms with E-state index in [1.165, 1.54) is 33.9 Å². The number of pyridine rings is 1. The molecule has 6 rings (SSSR count). The first kappa shape index (κ1) is 26.6. The van der Waals surface area contributed by atoms with Crippen LogP contribution in [0.5, 0.6) is 0 Å². The van der Waals surface area contributed by atoms with Gasteiger partial charge in [-0.25, -0.2) is 22.9 Å². The van der Waals surface area contributed by atoms with Crippen molar-refractivity contribution in [2.45, 2.75) is 44.1 Å². The van der Waals surface area contributed by atoms with E-state index in [0.29, 0.717) is 11.0 Å². The minimum absolute atomic E-state index is 0.0256. The monoisotopic (exact) mass is 564 g/mol. The van der Waals surface area contributed by atoms with Crippen LogP contribution in [0.2, 0.25) is 0 Å². The second-order valence-electron chi connectivity index (χ2n) is 10.4. The van der Waals surface area contributed by atoms with Gasteiger partial charge in [-0.15, -0.1) is 0 Å². The van der Waals surface area contributed by atoms with Crippen molar-refractivity contribution in [3.63, 3.8) is 0 Å². The van der Waals surface area contributed by atoms with Crippen LogP contribution in [0.1, 0.15) is 30.9 Å². The largest absolute Gasteiger partial charge is 0.445 e. The van der Waals surface area contributed by atoms with E-state index in [2.05, 4.69) is 15.3 Å². The second kappa shape index (κ2) is 10.8. The Morgan fingerprint density at radius 2 is 1.85 bits per heavy atom. The fraction of sp³-hybridized carbons (Fsp3) is 0.310. The number of carbonyl (C=O) groups is 1. The van der Waals surface area contributed by atoms with E-state index in [1.807, 2.05) is 30.3 Å². The van der Waals surface area contributed by atoms with Crippen molar-refractivity contribution in [3.05, 3.63) is 82.3 Å². The third kappa shape index (κ3) is 5.41. The van der Waals surface area contributed by atoms with Crippen LogP contribution in [0.25, 0.3) is 22.2 Å². The van der Waals surface area contributed by atoms with Gasteiger partial charge in [0.25, 0.3) is 5.56 Å². The number of aromatic nitrogens is 3. The third-order valence-electron chi connectivity index (χ3n) is 7.28. The number of ether oxygens (including phenoxy) is 1. The summed E-state index contributed by atoms with van der Waals surface area (Å²) in [6.45, 7) is 0.162. The number of halogens is 3. The number of nitrogens with two attached hydrogens (primary N) is 1. The number of benzene rings is 2. The molecule has 0 radical (unpaired) electrons. The zero-order valence-corrected chi connectivity index (χ0v) is 21.9. The normalized spacial score (nSPS) is 18.9. The van der Waals surface area contributed by atoms with Gasteiger partial charge in [-0.05, 0) is 36.6 Å². The van der Waals surface area contributed by atoms with Gasteiger partial charge < -0.3 is 20.7 Å². The van der Waals surface area contributed by atoms with Crippen LogP contribution in [-0.4, -0.2) is 50.8 Å². The third-order valence-corrected chi connectivity index (χ3v) is 7.28. The average molecular weight is 565 g/mol. The SMILES string of the molecule is Nc1ccc(-c2cc3cnc(N[C@H]4C[C@H](F)CN(C(=O)OCc5ccccc5)C4)nc3n(C3CC3)c2=O)c(F)c1F. The van der Waals surface area contributed by atoms with Gasteiger partial charge in [-0.2, -0.15) is 4.98 Å². The Morgan fingerprint density at radius 1 is 1.07 bits per heavy atom. The number of nitrogen functional groups attached to an aromatic ring is 1. The molecule has 0 bridgehead atoms. The lowest BCUT2D eigenvalue weighted by atomic mass is 10.0. The van der Waals surface area contributed by atoms with Crippen molar-refractivity contribution in [1.82, 2.24) is 19.4 Å². The van der Waals surface area contributed by atoms with Gasteiger partial charge in [0.05, 0.1) is 17.8 Å². The smallest absolute Gasteiger partial charge is 0.410 e. The lowest BCUT2D eigenvalue weighted by Crippen LogP contribution is -2.50. The Bertz CT molecular complexity index is 1680.